The van der Waals surface area contributed by atoms with Crippen LogP contribution in [0.5, 0.6) is 5.75 Å². The van der Waals surface area contributed by atoms with Crippen LogP contribution in [0, 0.1) is 23.3 Å². The van der Waals surface area contributed by atoms with Crippen molar-refractivity contribution >= 4 is 12.1 Å². The van der Waals surface area contributed by atoms with Crippen molar-refractivity contribution in [3.63, 3.8) is 0 Å². The second-order valence-electron chi connectivity index (χ2n) is 6.10. The van der Waals surface area contributed by atoms with E-state index in [-0.39, 0.29) is 12.7 Å². The molecule has 162 valence electrons. The van der Waals surface area contributed by atoms with E-state index in [1.807, 2.05) is 5.32 Å². The van der Waals surface area contributed by atoms with E-state index < -0.39 is 66.3 Å². The summed E-state index contributed by atoms with van der Waals surface area (Å²) in [5.41, 5.74) is 0.661. The highest BCUT2D eigenvalue weighted by atomic mass is 19.2. The summed E-state index contributed by atoms with van der Waals surface area (Å²) in [5, 5.41) is 21.1. The van der Waals surface area contributed by atoms with Gasteiger partial charge in [-0.25, -0.2) is 22.8 Å². The van der Waals surface area contributed by atoms with Crippen molar-refractivity contribution in [1.82, 2.24) is 5.32 Å². The maximum Gasteiger partial charge on any atom is 0.408 e. The number of carboxylic acid groups (broad SMARTS) is 1. The zero-order valence-corrected chi connectivity index (χ0v) is 15.3. The van der Waals surface area contributed by atoms with Crippen molar-refractivity contribution < 1.29 is 46.8 Å². The van der Waals surface area contributed by atoms with E-state index >= 15 is 0 Å². The van der Waals surface area contributed by atoms with Crippen LogP contribution in [-0.4, -0.2) is 41.0 Å². The van der Waals surface area contributed by atoms with Gasteiger partial charge in [-0.2, -0.15) is 4.39 Å². The first kappa shape index (κ1) is 22.9. The van der Waals surface area contributed by atoms with E-state index in [9.17, 15) is 32.3 Å². The van der Waals surface area contributed by atoms with Crippen molar-refractivity contribution in [2.45, 2.75) is 25.2 Å². The summed E-state index contributed by atoms with van der Waals surface area (Å²) in [5.74, 6) is -10.1. The highest BCUT2D eigenvalue weighted by Crippen LogP contribution is 2.24. The zero-order valence-electron chi connectivity index (χ0n) is 15.3. The molecule has 0 heterocycles. The van der Waals surface area contributed by atoms with Gasteiger partial charge in [-0.3, -0.25) is 0 Å². The summed E-state index contributed by atoms with van der Waals surface area (Å²) in [6, 6.07) is 7.21. The Morgan fingerprint density at radius 3 is 2.33 bits per heavy atom. The maximum absolute atomic E-state index is 13.5. The number of alkyl carbamates (subject to hydrolysis) is 1. The van der Waals surface area contributed by atoms with E-state index in [0.29, 0.717) is 5.56 Å². The van der Waals surface area contributed by atoms with Gasteiger partial charge in [-0.1, -0.05) is 30.3 Å². The molecule has 0 aromatic heterocycles. The molecule has 7 nitrogen and oxygen atoms in total. The van der Waals surface area contributed by atoms with Gasteiger partial charge in [-0.05, 0) is 5.56 Å². The lowest BCUT2D eigenvalue weighted by Crippen LogP contribution is -2.44. The van der Waals surface area contributed by atoms with Gasteiger partial charge in [0.1, 0.15) is 19.3 Å². The molecule has 0 saturated heterocycles. The lowest BCUT2D eigenvalue weighted by Gasteiger charge is -2.19. The number of carbonyl (C=O) groups is 2. The standard InChI is InChI=1S/C19H17F4NO6/c20-12-7-14(16(22)17(23)15(12)21)29-9-11(25)6-13(18(26)27)24-19(28)30-8-10-4-2-1-3-5-10/h1-5,7,11,13,25H,6,8-9H2,(H,24,28)(H,26,27). The summed E-state index contributed by atoms with van der Waals surface area (Å²) >= 11 is 0. The Morgan fingerprint density at radius 1 is 1.03 bits per heavy atom. The molecule has 0 fully saturated rings. The Bertz CT molecular complexity index is 896. The van der Waals surface area contributed by atoms with Gasteiger partial charge in [0.25, 0.3) is 0 Å². The van der Waals surface area contributed by atoms with Gasteiger partial charge in [0.05, 0.1) is 6.10 Å². The minimum Gasteiger partial charge on any atom is -0.488 e. The Kier molecular flexibility index (Phi) is 7.98. The monoisotopic (exact) mass is 431 g/mol. The van der Waals surface area contributed by atoms with Crippen molar-refractivity contribution in [3.05, 3.63) is 65.2 Å². The van der Waals surface area contributed by atoms with Crippen LogP contribution < -0.4 is 10.1 Å². The SMILES string of the molecule is O=C(NC(CC(O)COc1cc(F)c(F)c(F)c1F)C(=O)O)OCc1ccccc1. The highest BCUT2D eigenvalue weighted by Gasteiger charge is 2.26. The predicted octanol–water partition coefficient (Wildman–Crippen LogP) is 2.75. The Balaban J connectivity index is 1.88. The molecule has 3 N–H and O–H groups in total. The third kappa shape index (κ3) is 6.34. The molecule has 2 unspecified atom stereocenters. The fourth-order valence-electron chi connectivity index (χ4n) is 2.31. The van der Waals surface area contributed by atoms with E-state index in [0.717, 1.165) is 0 Å². The first-order valence-electron chi connectivity index (χ1n) is 8.53. The number of halogens is 4. The number of carboxylic acids is 1. The quantitative estimate of drug-likeness (QED) is 0.320. The molecule has 2 rings (SSSR count). The molecule has 0 radical (unpaired) electrons. The van der Waals surface area contributed by atoms with Crippen LogP contribution in [0.25, 0.3) is 0 Å². The fraction of sp³-hybridized carbons (Fsp3) is 0.263. The summed E-state index contributed by atoms with van der Waals surface area (Å²) in [6.07, 6.45) is -3.24. The summed E-state index contributed by atoms with van der Waals surface area (Å²) in [4.78, 5) is 23.0. The van der Waals surface area contributed by atoms with E-state index in [2.05, 4.69) is 0 Å². The molecule has 2 atom stereocenters. The molecule has 2 aromatic carbocycles. The molecule has 0 aliphatic heterocycles. The fourth-order valence-corrected chi connectivity index (χ4v) is 2.31. The van der Waals surface area contributed by atoms with Crippen molar-refractivity contribution in [3.8, 4) is 5.75 Å². The number of hydrogen-bond donors (Lipinski definition) is 3. The number of nitrogens with one attached hydrogen (secondary N) is 1. The molecule has 0 aliphatic carbocycles. The van der Waals surface area contributed by atoms with E-state index in [4.69, 9.17) is 14.6 Å². The highest BCUT2D eigenvalue weighted by molar-refractivity contribution is 5.79. The zero-order chi connectivity index (χ0) is 22.3. The van der Waals surface area contributed by atoms with Crippen LogP contribution in [0.3, 0.4) is 0 Å². The van der Waals surface area contributed by atoms with Gasteiger partial charge in [0.15, 0.2) is 17.4 Å². The van der Waals surface area contributed by atoms with Crippen LogP contribution in [-0.2, 0) is 16.1 Å². The molecular formula is C19H17F4NO6. The minimum atomic E-state index is -2.09. The molecule has 0 aliphatic rings. The lowest BCUT2D eigenvalue weighted by atomic mass is 10.1. The number of benzene rings is 2. The number of aliphatic hydroxyl groups is 1. The van der Waals surface area contributed by atoms with Crippen molar-refractivity contribution in [2.24, 2.45) is 0 Å². The number of hydrogen-bond acceptors (Lipinski definition) is 5. The lowest BCUT2D eigenvalue weighted by molar-refractivity contribution is -0.140. The molecule has 0 saturated carbocycles. The molecule has 0 bridgehead atoms. The number of ether oxygens (including phenoxy) is 2. The first-order valence-corrected chi connectivity index (χ1v) is 8.53. The second-order valence-corrected chi connectivity index (χ2v) is 6.10. The Hall–Kier alpha value is -3.34. The Labute approximate surface area is 167 Å². The van der Waals surface area contributed by atoms with E-state index in [1.54, 1.807) is 30.3 Å². The van der Waals surface area contributed by atoms with Crippen molar-refractivity contribution in [1.29, 1.82) is 0 Å². The average molecular weight is 431 g/mol. The number of amides is 1. The largest absolute Gasteiger partial charge is 0.488 e. The van der Waals surface area contributed by atoms with Crippen LogP contribution in [0.15, 0.2) is 36.4 Å². The maximum atomic E-state index is 13.5. The van der Waals surface area contributed by atoms with Gasteiger partial charge in [0, 0.05) is 12.5 Å². The Morgan fingerprint density at radius 2 is 1.70 bits per heavy atom. The molecule has 2 aromatic rings. The molecule has 1 amide bonds. The molecular weight excluding hydrogens is 414 g/mol. The van der Waals surface area contributed by atoms with Crippen LogP contribution in [0.2, 0.25) is 0 Å². The van der Waals surface area contributed by atoms with Crippen LogP contribution in [0.4, 0.5) is 22.4 Å². The van der Waals surface area contributed by atoms with Gasteiger partial charge < -0.3 is 25.0 Å². The predicted molar refractivity (Wildman–Crippen MR) is 93.6 cm³/mol. The third-order valence-electron chi connectivity index (χ3n) is 3.81. The summed E-state index contributed by atoms with van der Waals surface area (Å²) in [6.45, 7) is -0.905. The first-order chi connectivity index (χ1) is 14.2. The molecule has 0 spiro atoms. The smallest absolute Gasteiger partial charge is 0.408 e. The number of rotatable bonds is 9. The van der Waals surface area contributed by atoms with Gasteiger partial charge in [-0.15, -0.1) is 0 Å². The van der Waals surface area contributed by atoms with E-state index in [1.165, 1.54) is 0 Å². The van der Waals surface area contributed by atoms with Crippen LogP contribution >= 0.6 is 0 Å². The number of carbonyl (C=O) groups excluding carboxylic acids is 1. The third-order valence-corrected chi connectivity index (χ3v) is 3.81. The minimum absolute atomic E-state index is 0.119. The van der Waals surface area contributed by atoms with Crippen LogP contribution in [0.1, 0.15) is 12.0 Å². The van der Waals surface area contributed by atoms with Gasteiger partial charge >= 0.3 is 12.1 Å². The topological polar surface area (TPSA) is 105 Å². The second kappa shape index (κ2) is 10.4. The summed E-state index contributed by atoms with van der Waals surface area (Å²) in [7, 11) is 0. The molecule has 11 heteroatoms. The average Bonchev–Trinajstić information content (AvgIpc) is 2.72. The normalized spacial score (nSPS) is 12.7. The van der Waals surface area contributed by atoms with Crippen molar-refractivity contribution in [2.75, 3.05) is 6.61 Å². The van der Waals surface area contributed by atoms with Gasteiger partial charge in [0.2, 0.25) is 11.6 Å². The number of aliphatic hydroxyl groups excluding tert-OH is 1. The molecule has 30 heavy (non-hydrogen) atoms. The number of aliphatic carboxylic acids is 1. The summed E-state index contributed by atoms with van der Waals surface area (Å²) < 4.78 is 62.3.